The van der Waals surface area contributed by atoms with E-state index < -0.39 is 4.92 Å². The zero-order valence-electron chi connectivity index (χ0n) is 18.5. The number of nitrogens with one attached hydrogen (secondary N) is 1. The van der Waals surface area contributed by atoms with Gasteiger partial charge in [-0.1, -0.05) is 27.7 Å². The van der Waals surface area contributed by atoms with Crippen molar-refractivity contribution in [3.05, 3.63) is 79.6 Å². The number of aromatic nitrogens is 2. The molecule has 1 aromatic heterocycles. The van der Waals surface area contributed by atoms with E-state index in [2.05, 4.69) is 37.3 Å². The molecule has 0 unspecified atom stereocenters. The van der Waals surface area contributed by atoms with Gasteiger partial charge in [0.15, 0.2) is 5.03 Å². The van der Waals surface area contributed by atoms with E-state index in [9.17, 15) is 10.1 Å². The molecule has 0 amide bonds. The summed E-state index contributed by atoms with van der Waals surface area (Å²) in [5.41, 5.74) is 3.17. The Morgan fingerprint density at radius 2 is 1.82 bits per heavy atom. The number of anilines is 2. The van der Waals surface area contributed by atoms with Gasteiger partial charge in [-0.3, -0.25) is 10.1 Å². The van der Waals surface area contributed by atoms with Gasteiger partial charge >= 0.3 is 5.69 Å². The number of benzene rings is 2. The average molecular weight is 525 g/mol. The molecule has 33 heavy (non-hydrogen) atoms. The molecule has 0 aliphatic heterocycles. The SMILES string of the molecule is Cc1cc(Br)cc(C)c1Sc1nc(Nc2ccc(C#N)cc2)nc(/C=C/N(C)C)c1[N+](=O)[O-]. The van der Waals surface area contributed by atoms with Crippen molar-refractivity contribution in [3.63, 3.8) is 0 Å². The Hall–Kier alpha value is -3.42. The minimum absolute atomic E-state index is 0.162. The number of halogens is 1. The minimum Gasteiger partial charge on any atom is -0.383 e. The molecule has 0 aliphatic carbocycles. The summed E-state index contributed by atoms with van der Waals surface area (Å²) in [5, 5.41) is 24.4. The van der Waals surface area contributed by atoms with Crippen LogP contribution in [0.15, 0.2) is 57.0 Å². The number of nitro groups is 1. The Morgan fingerprint density at radius 3 is 2.36 bits per heavy atom. The van der Waals surface area contributed by atoms with Crippen molar-refractivity contribution < 1.29 is 4.92 Å². The van der Waals surface area contributed by atoms with Crippen LogP contribution < -0.4 is 5.32 Å². The number of nitriles is 1. The molecule has 0 aliphatic rings. The molecular weight excluding hydrogens is 504 g/mol. The molecule has 0 radical (unpaired) electrons. The topological polar surface area (TPSA) is 108 Å². The highest BCUT2D eigenvalue weighted by molar-refractivity contribution is 9.10. The second kappa shape index (κ2) is 10.5. The normalized spacial score (nSPS) is 10.8. The van der Waals surface area contributed by atoms with Crippen LogP contribution in [-0.4, -0.2) is 33.9 Å². The van der Waals surface area contributed by atoms with Crippen LogP contribution >= 0.6 is 27.7 Å². The lowest BCUT2D eigenvalue weighted by atomic mass is 10.2. The molecule has 1 N–H and O–H groups in total. The number of hydrogen-bond acceptors (Lipinski definition) is 8. The second-order valence-electron chi connectivity index (χ2n) is 7.41. The fourth-order valence-electron chi connectivity index (χ4n) is 3.00. The van der Waals surface area contributed by atoms with Crippen molar-refractivity contribution in [3.8, 4) is 6.07 Å². The molecule has 1 heterocycles. The Balaban J connectivity index is 2.14. The molecule has 168 valence electrons. The number of hydrogen-bond donors (Lipinski definition) is 1. The molecule has 0 atom stereocenters. The van der Waals surface area contributed by atoms with Crippen molar-refractivity contribution in [1.82, 2.24) is 14.9 Å². The van der Waals surface area contributed by atoms with Crippen molar-refractivity contribution in [2.24, 2.45) is 0 Å². The maximum absolute atomic E-state index is 12.0. The lowest BCUT2D eigenvalue weighted by molar-refractivity contribution is -0.388. The van der Waals surface area contributed by atoms with Crippen molar-refractivity contribution in [2.45, 2.75) is 23.8 Å². The molecule has 0 saturated carbocycles. The molecular formula is C23H21BrN6O2S. The maximum atomic E-state index is 12.0. The first-order valence-electron chi connectivity index (χ1n) is 9.80. The fraction of sp³-hybridized carbons (Fsp3) is 0.174. The van der Waals surface area contributed by atoms with Crippen LogP contribution in [0.2, 0.25) is 0 Å². The molecule has 0 spiro atoms. The Kier molecular flexibility index (Phi) is 7.68. The van der Waals surface area contributed by atoms with Gasteiger partial charge in [-0.15, -0.1) is 0 Å². The molecule has 0 bridgehead atoms. The highest BCUT2D eigenvalue weighted by Gasteiger charge is 2.25. The third-order valence-electron chi connectivity index (χ3n) is 4.49. The number of nitrogens with zero attached hydrogens (tertiary/aromatic N) is 5. The Labute approximate surface area is 204 Å². The van der Waals surface area contributed by atoms with Crippen molar-refractivity contribution in [2.75, 3.05) is 19.4 Å². The summed E-state index contributed by atoms with van der Waals surface area (Å²) < 4.78 is 0.941. The third-order valence-corrected chi connectivity index (χ3v) is 6.27. The van der Waals surface area contributed by atoms with Crippen LogP contribution in [-0.2, 0) is 0 Å². The van der Waals surface area contributed by atoms with Crippen LogP contribution in [0.4, 0.5) is 17.3 Å². The van der Waals surface area contributed by atoms with Gasteiger partial charge in [-0.2, -0.15) is 10.2 Å². The van der Waals surface area contributed by atoms with E-state index >= 15 is 0 Å². The molecule has 3 aromatic rings. The average Bonchev–Trinajstić information content (AvgIpc) is 2.74. The number of aryl methyl sites for hydroxylation is 2. The zero-order valence-corrected chi connectivity index (χ0v) is 20.9. The summed E-state index contributed by atoms with van der Waals surface area (Å²) >= 11 is 4.73. The summed E-state index contributed by atoms with van der Waals surface area (Å²) in [4.78, 5) is 23.2. The van der Waals surface area contributed by atoms with Gasteiger partial charge in [-0.25, -0.2) is 4.98 Å². The minimum atomic E-state index is -0.452. The van der Waals surface area contributed by atoms with Crippen LogP contribution in [0.1, 0.15) is 22.4 Å². The highest BCUT2D eigenvalue weighted by Crippen LogP contribution is 2.40. The zero-order chi connectivity index (χ0) is 24.1. The summed E-state index contributed by atoms with van der Waals surface area (Å²) in [5.74, 6) is 0.221. The van der Waals surface area contributed by atoms with E-state index in [1.165, 1.54) is 11.8 Å². The van der Waals surface area contributed by atoms with Crippen LogP contribution in [0.25, 0.3) is 6.08 Å². The van der Waals surface area contributed by atoms with E-state index in [-0.39, 0.29) is 22.4 Å². The van der Waals surface area contributed by atoms with Crippen LogP contribution in [0.3, 0.4) is 0 Å². The number of rotatable bonds is 7. The Bertz CT molecular complexity index is 1250. The quantitative estimate of drug-likeness (QED) is 0.225. The fourth-order valence-corrected chi connectivity index (χ4v) is 4.73. The first-order chi connectivity index (χ1) is 15.7. The van der Waals surface area contributed by atoms with Crippen LogP contribution in [0, 0.1) is 35.3 Å². The molecule has 0 saturated heterocycles. The summed E-state index contributed by atoms with van der Waals surface area (Å²) in [6.07, 6.45) is 3.29. The van der Waals surface area contributed by atoms with E-state index in [1.807, 2.05) is 40.1 Å². The highest BCUT2D eigenvalue weighted by atomic mass is 79.9. The smallest absolute Gasteiger partial charge is 0.327 e. The van der Waals surface area contributed by atoms with Crippen molar-refractivity contribution >= 4 is 51.1 Å². The first kappa shape index (κ1) is 24.2. The van der Waals surface area contributed by atoms with Crippen molar-refractivity contribution in [1.29, 1.82) is 5.26 Å². The summed E-state index contributed by atoms with van der Waals surface area (Å²) in [7, 11) is 3.65. The molecule has 2 aromatic carbocycles. The molecule has 10 heteroatoms. The van der Waals surface area contributed by atoms with Gasteiger partial charge in [0.2, 0.25) is 5.95 Å². The lowest BCUT2D eigenvalue weighted by Gasteiger charge is -2.13. The van der Waals surface area contributed by atoms with Gasteiger partial charge in [0, 0.05) is 35.4 Å². The summed E-state index contributed by atoms with van der Waals surface area (Å²) in [6.45, 7) is 3.91. The third kappa shape index (κ3) is 6.09. The van der Waals surface area contributed by atoms with Gasteiger partial charge < -0.3 is 10.2 Å². The van der Waals surface area contributed by atoms with Crippen LogP contribution in [0.5, 0.6) is 0 Å². The molecule has 8 nitrogen and oxygen atoms in total. The van der Waals surface area contributed by atoms with E-state index in [0.29, 0.717) is 11.3 Å². The van der Waals surface area contributed by atoms with Gasteiger partial charge in [0.05, 0.1) is 16.6 Å². The Morgan fingerprint density at radius 1 is 1.18 bits per heavy atom. The predicted molar refractivity (Wildman–Crippen MR) is 134 cm³/mol. The van der Waals surface area contributed by atoms with E-state index in [1.54, 1.807) is 41.4 Å². The molecule has 0 fully saturated rings. The molecule has 3 rings (SSSR count). The van der Waals surface area contributed by atoms with Gasteiger partial charge in [0.25, 0.3) is 0 Å². The largest absolute Gasteiger partial charge is 0.383 e. The van der Waals surface area contributed by atoms with E-state index in [0.717, 1.165) is 20.5 Å². The predicted octanol–water partition coefficient (Wildman–Crippen LogP) is 6.06. The van der Waals surface area contributed by atoms with E-state index in [4.69, 9.17) is 5.26 Å². The maximum Gasteiger partial charge on any atom is 0.327 e. The lowest BCUT2D eigenvalue weighted by Crippen LogP contribution is -2.06. The monoisotopic (exact) mass is 524 g/mol. The second-order valence-corrected chi connectivity index (χ2v) is 9.32. The standard InChI is InChI=1S/C23H21BrN6O2S/c1-14-11-17(24)12-15(2)21(14)33-22-20(30(31)32)19(9-10-29(3)4)27-23(28-22)26-18-7-5-16(13-25)6-8-18/h5-12H,1-4H3,(H,26,27,28)/b10-9+. The summed E-state index contributed by atoms with van der Waals surface area (Å²) in [6, 6.07) is 12.8. The first-order valence-corrected chi connectivity index (χ1v) is 11.4. The van der Waals surface area contributed by atoms with Gasteiger partial charge in [-0.05, 0) is 67.4 Å². The van der Waals surface area contributed by atoms with Gasteiger partial charge in [0.1, 0.15) is 5.69 Å².